The molecule has 0 aliphatic carbocycles. The molecule has 0 aromatic heterocycles. The number of hydrogen-bond acceptors (Lipinski definition) is 4. The topological polar surface area (TPSA) is 91.7 Å². The zero-order chi connectivity index (χ0) is 14.4. The zero-order valence-electron chi connectivity index (χ0n) is 10.6. The van der Waals surface area contributed by atoms with E-state index in [1.54, 1.807) is 19.1 Å². The molecule has 1 rings (SSSR count). The van der Waals surface area contributed by atoms with Gasteiger partial charge in [-0.2, -0.15) is 0 Å². The monoisotopic (exact) mass is 264 g/mol. The van der Waals surface area contributed by atoms with Crippen LogP contribution in [0.2, 0.25) is 0 Å². The van der Waals surface area contributed by atoms with Gasteiger partial charge in [0.15, 0.2) is 5.78 Å². The number of carboxylic acid groups (broad SMARTS) is 1. The molecule has 102 valence electrons. The Morgan fingerprint density at radius 3 is 2.37 bits per heavy atom. The summed E-state index contributed by atoms with van der Waals surface area (Å²) in [5, 5.41) is 18.0. The number of aromatic hydroxyl groups is 1. The average Bonchev–Trinajstić information content (AvgIpc) is 2.36. The molecule has 0 saturated heterocycles. The average molecular weight is 264 g/mol. The molecule has 1 aromatic carbocycles. The Hall–Kier alpha value is -2.17. The van der Waals surface area contributed by atoms with Crippen LogP contribution in [0.4, 0.5) is 0 Å². The Labute approximate surface area is 110 Å². The molecule has 5 heteroatoms. The maximum atomic E-state index is 12.0. The minimum atomic E-state index is -1.03. The number of hydrogen-bond donors (Lipinski definition) is 2. The fourth-order valence-electron chi connectivity index (χ4n) is 1.73. The number of para-hydroxylation sites is 1. The van der Waals surface area contributed by atoms with Gasteiger partial charge in [-0.1, -0.05) is 19.1 Å². The van der Waals surface area contributed by atoms with Crippen molar-refractivity contribution in [3.05, 3.63) is 29.8 Å². The summed E-state index contributed by atoms with van der Waals surface area (Å²) in [6.45, 7) is 1.59. The van der Waals surface area contributed by atoms with Crippen LogP contribution >= 0.6 is 0 Å². The first-order chi connectivity index (χ1) is 8.91. The molecule has 0 aliphatic rings. The molecule has 1 unspecified atom stereocenters. The van der Waals surface area contributed by atoms with Gasteiger partial charge in [0.25, 0.3) is 0 Å². The highest BCUT2D eigenvalue weighted by atomic mass is 16.4. The molecule has 5 nitrogen and oxygen atoms in total. The summed E-state index contributed by atoms with van der Waals surface area (Å²) in [6, 6.07) is 6.14. The quantitative estimate of drug-likeness (QED) is 0.735. The molecule has 1 aromatic rings. The van der Waals surface area contributed by atoms with Gasteiger partial charge in [0, 0.05) is 18.8 Å². The summed E-state index contributed by atoms with van der Waals surface area (Å²) < 4.78 is 0. The van der Waals surface area contributed by atoms with Gasteiger partial charge in [-0.15, -0.1) is 0 Å². The van der Waals surface area contributed by atoms with E-state index in [1.807, 2.05) is 0 Å². The number of carbonyl (C=O) groups excluding carboxylic acids is 2. The summed E-state index contributed by atoms with van der Waals surface area (Å²) in [5.41, 5.74) is 0.182. The Morgan fingerprint density at radius 1 is 1.16 bits per heavy atom. The highest BCUT2D eigenvalue weighted by molar-refractivity contribution is 6.01. The number of carboxylic acids is 1. The van der Waals surface area contributed by atoms with E-state index in [1.165, 1.54) is 12.1 Å². The van der Waals surface area contributed by atoms with Crippen LogP contribution in [0.25, 0.3) is 0 Å². The van der Waals surface area contributed by atoms with Crippen LogP contribution in [0.1, 0.15) is 36.5 Å². The molecule has 0 saturated carbocycles. The number of Topliss-reactive ketones (excluding diaryl/α,β-unsaturated/α-hetero) is 2. The van der Waals surface area contributed by atoms with Crippen molar-refractivity contribution >= 4 is 17.5 Å². The highest BCUT2D eigenvalue weighted by Crippen LogP contribution is 2.21. The maximum Gasteiger partial charge on any atom is 0.303 e. The summed E-state index contributed by atoms with van der Waals surface area (Å²) in [4.78, 5) is 33.8. The second-order valence-corrected chi connectivity index (χ2v) is 4.42. The van der Waals surface area contributed by atoms with Crippen molar-refractivity contribution in [3.8, 4) is 5.75 Å². The van der Waals surface area contributed by atoms with E-state index in [9.17, 15) is 19.5 Å². The first-order valence-electron chi connectivity index (χ1n) is 5.97. The van der Waals surface area contributed by atoms with Crippen LogP contribution < -0.4 is 0 Å². The Bertz CT molecular complexity index is 492. The summed E-state index contributed by atoms with van der Waals surface area (Å²) in [5.74, 6) is -2.31. The number of phenols is 1. The number of carbonyl (C=O) groups is 3. The summed E-state index contributed by atoms with van der Waals surface area (Å²) in [6.07, 6.45) is -0.315. The SMILES string of the molecule is CC(CC(=O)CCC(=O)O)C(=O)c1ccccc1O. The molecule has 0 spiro atoms. The summed E-state index contributed by atoms with van der Waals surface area (Å²) >= 11 is 0. The van der Waals surface area contributed by atoms with Crippen LogP contribution in [0.3, 0.4) is 0 Å². The van der Waals surface area contributed by atoms with E-state index in [2.05, 4.69) is 0 Å². The van der Waals surface area contributed by atoms with Crippen molar-refractivity contribution in [2.75, 3.05) is 0 Å². The van der Waals surface area contributed by atoms with E-state index in [0.29, 0.717) is 0 Å². The molecule has 2 N–H and O–H groups in total. The van der Waals surface area contributed by atoms with Crippen molar-refractivity contribution in [2.45, 2.75) is 26.2 Å². The molecule has 1 atom stereocenters. The fourth-order valence-corrected chi connectivity index (χ4v) is 1.73. The maximum absolute atomic E-state index is 12.0. The van der Waals surface area contributed by atoms with Gasteiger partial charge in [0.05, 0.1) is 12.0 Å². The zero-order valence-corrected chi connectivity index (χ0v) is 10.6. The predicted molar refractivity (Wildman–Crippen MR) is 68.1 cm³/mol. The first kappa shape index (κ1) is 14.9. The highest BCUT2D eigenvalue weighted by Gasteiger charge is 2.20. The van der Waals surface area contributed by atoms with Gasteiger partial charge < -0.3 is 10.2 Å². The predicted octanol–water partition coefficient (Wildman–Crippen LogP) is 2.04. The Morgan fingerprint density at radius 2 is 1.79 bits per heavy atom. The molecule has 0 fully saturated rings. The van der Waals surface area contributed by atoms with Gasteiger partial charge in [-0.25, -0.2) is 0 Å². The van der Waals surface area contributed by atoms with Crippen LogP contribution in [0, 0.1) is 5.92 Å². The Balaban J connectivity index is 2.61. The second-order valence-electron chi connectivity index (χ2n) is 4.42. The van der Waals surface area contributed by atoms with Gasteiger partial charge in [0.1, 0.15) is 11.5 Å². The molecule has 0 amide bonds. The number of phenolic OH excluding ortho intramolecular Hbond substituents is 1. The Kier molecular flexibility index (Phi) is 5.23. The minimum absolute atomic E-state index is 0.0134. The van der Waals surface area contributed by atoms with Crippen molar-refractivity contribution < 1.29 is 24.6 Å². The summed E-state index contributed by atoms with van der Waals surface area (Å²) in [7, 11) is 0. The van der Waals surface area contributed by atoms with Crippen molar-refractivity contribution in [2.24, 2.45) is 5.92 Å². The van der Waals surface area contributed by atoms with Gasteiger partial charge in [-0.05, 0) is 12.1 Å². The van der Waals surface area contributed by atoms with Gasteiger partial charge >= 0.3 is 5.97 Å². The van der Waals surface area contributed by atoms with Gasteiger partial charge in [0.2, 0.25) is 0 Å². The van der Waals surface area contributed by atoms with Crippen molar-refractivity contribution in [3.63, 3.8) is 0 Å². The lowest BCUT2D eigenvalue weighted by Crippen LogP contribution is -2.16. The molecule has 0 bridgehead atoms. The third-order valence-corrected chi connectivity index (χ3v) is 2.77. The lowest BCUT2D eigenvalue weighted by Gasteiger charge is -2.10. The number of aliphatic carboxylic acids is 1. The second kappa shape index (κ2) is 6.68. The lowest BCUT2D eigenvalue weighted by atomic mass is 9.93. The lowest BCUT2D eigenvalue weighted by molar-refractivity contribution is -0.138. The minimum Gasteiger partial charge on any atom is -0.507 e. The molecule has 0 radical (unpaired) electrons. The number of ketones is 2. The molecule has 19 heavy (non-hydrogen) atoms. The van der Waals surface area contributed by atoms with Crippen molar-refractivity contribution in [1.29, 1.82) is 0 Å². The number of benzene rings is 1. The molecule has 0 heterocycles. The molecular weight excluding hydrogens is 248 g/mol. The number of rotatable bonds is 7. The third kappa shape index (κ3) is 4.54. The third-order valence-electron chi connectivity index (χ3n) is 2.77. The smallest absolute Gasteiger partial charge is 0.303 e. The van der Waals surface area contributed by atoms with Gasteiger partial charge in [-0.3, -0.25) is 14.4 Å². The van der Waals surface area contributed by atoms with E-state index in [-0.39, 0.29) is 42.1 Å². The molecular formula is C14H16O5. The van der Waals surface area contributed by atoms with E-state index < -0.39 is 11.9 Å². The van der Waals surface area contributed by atoms with E-state index >= 15 is 0 Å². The standard InChI is InChI=1S/C14H16O5/c1-9(8-10(15)6-7-13(17)18)14(19)11-4-2-3-5-12(11)16/h2-5,9,16H,6-8H2,1H3,(H,17,18). The van der Waals surface area contributed by atoms with Crippen molar-refractivity contribution in [1.82, 2.24) is 0 Å². The van der Waals surface area contributed by atoms with Crippen LogP contribution in [0.15, 0.2) is 24.3 Å². The normalized spacial score (nSPS) is 11.8. The van der Waals surface area contributed by atoms with E-state index in [4.69, 9.17) is 5.11 Å². The fraction of sp³-hybridized carbons (Fsp3) is 0.357. The first-order valence-corrected chi connectivity index (χ1v) is 5.97. The van der Waals surface area contributed by atoms with Crippen LogP contribution in [-0.4, -0.2) is 27.7 Å². The van der Waals surface area contributed by atoms with E-state index in [0.717, 1.165) is 0 Å². The molecule has 0 aliphatic heterocycles. The van der Waals surface area contributed by atoms with Crippen LogP contribution in [0.5, 0.6) is 5.75 Å². The largest absolute Gasteiger partial charge is 0.507 e. The van der Waals surface area contributed by atoms with Crippen LogP contribution in [-0.2, 0) is 9.59 Å².